The summed E-state index contributed by atoms with van der Waals surface area (Å²) < 4.78 is 1.08. The van der Waals surface area contributed by atoms with Gasteiger partial charge < -0.3 is 10.6 Å². The van der Waals surface area contributed by atoms with Crippen molar-refractivity contribution in [1.29, 1.82) is 0 Å². The van der Waals surface area contributed by atoms with Crippen LogP contribution >= 0.6 is 15.9 Å². The van der Waals surface area contributed by atoms with E-state index >= 15 is 0 Å². The topological polar surface area (TPSA) is 49.8 Å². The molecule has 1 heterocycles. The van der Waals surface area contributed by atoms with Crippen molar-refractivity contribution < 1.29 is 0 Å². The number of hydrogen-bond donors (Lipinski definition) is 2. The lowest BCUT2D eigenvalue weighted by Gasteiger charge is -2.13. The smallest absolute Gasteiger partial charge is 0.135 e. The van der Waals surface area contributed by atoms with Crippen molar-refractivity contribution in [2.75, 3.05) is 17.7 Å². The number of aryl methyl sites for hydroxylation is 1. The van der Waals surface area contributed by atoms with E-state index in [0.717, 1.165) is 40.5 Å². The van der Waals surface area contributed by atoms with E-state index < -0.39 is 0 Å². The number of halogens is 1. The monoisotopic (exact) mass is 334 g/mol. The normalized spacial score (nSPS) is 10.4. The molecule has 2 rings (SSSR count). The fourth-order valence-electron chi connectivity index (χ4n) is 1.97. The molecule has 2 N–H and O–H groups in total. The van der Waals surface area contributed by atoms with E-state index in [1.807, 2.05) is 26.1 Å². The van der Waals surface area contributed by atoms with Gasteiger partial charge >= 0.3 is 0 Å². The first-order valence-corrected chi connectivity index (χ1v) is 7.47. The summed E-state index contributed by atoms with van der Waals surface area (Å²) in [4.78, 5) is 9.03. The van der Waals surface area contributed by atoms with Crippen LogP contribution in [0.3, 0.4) is 0 Å². The van der Waals surface area contributed by atoms with Crippen LogP contribution in [-0.2, 0) is 13.0 Å². The van der Waals surface area contributed by atoms with Crippen LogP contribution in [0.2, 0.25) is 0 Å². The van der Waals surface area contributed by atoms with Gasteiger partial charge in [-0.1, -0.05) is 35.0 Å². The Bertz CT molecular complexity index is 598. The molecule has 0 saturated heterocycles. The van der Waals surface area contributed by atoms with Gasteiger partial charge in [0.1, 0.15) is 17.5 Å². The molecule has 0 aliphatic carbocycles. The third kappa shape index (κ3) is 3.48. The van der Waals surface area contributed by atoms with Crippen molar-refractivity contribution in [3.05, 3.63) is 45.7 Å². The van der Waals surface area contributed by atoms with Crippen LogP contribution in [0, 0.1) is 6.92 Å². The molecule has 0 aliphatic heterocycles. The molecule has 20 heavy (non-hydrogen) atoms. The fourth-order valence-corrected chi connectivity index (χ4v) is 2.42. The van der Waals surface area contributed by atoms with Crippen molar-refractivity contribution in [1.82, 2.24) is 9.97 Å². The minimum absolute atomic E-state index is 0.740. The summed E-state index contributed by atoms with van der Waals surface area (Å²) in [5.41, 5.74) is 2.25. The second-order valence-electron chi connectivity index (χ2n) is 4.55. The summed E-state index contributed by atoms with van der Waals surface area (Å²) in [5.74, 6) is 2.62. The zero-order chi connectivity index (χ0) is 14.5. The first-order valence-electron chi connectivity index (χ1n) is 6.67. The number of rotatable bonds is 5. The number of nitrogens with zero attached hydrogens (tertiary/aromatic N) is 2. The van der Waals surface area contributed by atoms with Crippen molar-refractivity contribution >= 4 is 27.6 Å². The average molecular weight is 335 g/mol. The Balaban J connectivity index is 2.20. The molecule has 0 unspecified atom stereocenters. The van der Waals surface area contributed by atoms with E-state index in [2.05, 4.69) is 55.6 Å². The lowest BCUT2D eigenvalue weighted by molar-refractivity contribution is 0.924. The van der Waals surface area contributed by atoms with E-state index in [9.17, 15) is 0 Å². The Morgan fingerprint density at radius 1 is 1.20 bits per heavy atom. The molecule has 0 amide bonds. The van der Waals surface area contributed by atoms with Gasteiger partial charge in [0.15, 0.2) is 0 Å². The molecule has 106 valence electrons. The van der Waals surface area contributed by atoms with Crippen LogP contribution in [0.4, 0.5) is 11.6 Å². The number of aromatic nitrogens is 2. The number of hydrogen-bond acceptors (Lipinski definition) is 4. The molecule has 0 aliphatic rings. The van der Waals surface area contributed by atoms with Gasteiger partial charge in [-0.3, -0.25) is 0 Å². The molecule has 0 fully saturated rings. The lowest BCUT2D eigenvalue weighted by Crippen LogP contribution is -2.09. The minimum atomic E-state index is 0.740. The zero-order valence-corrected chi connectivity index (χ0v) is 13.6. The van der Waals surface area contributed by atoms with E-state index in [4.69, 9.17) is 0 Å². The summed E-state index contributed by atoms with van der Waals surface area (Å²) in [6, 6.07) is 8.25. The average Bonchev–Trinajstić information content (AvgIpc) is 2.46. The van der Waals surface area contributed by atoms with Crippen molar-refractivity contribution in [2.24, 2.45) is 0 Å². The van der Waals surface area contributed by atoms with E-state index in [1.165, 1.54) is 5.56 Å². The second-order valence-corrected chi connectivity index (χ2v) is 5.46. The molecular weight excluding hydrogens is 316 g/mol. The predicted molar refractivity (Wildman–Crippen MR) is 87.2 cm³/mol. The summed E-state index contributed by atoms with van der Waals surface area (Å²) in [6.07, 6.45) is 0.820. The molecule has 1 aromatic heterocycles. The fraction of sp³-hybridized carbons (Fsp3) is 0.333. The van der Waals surface area contributed by atoms with Gasteiger partial charge in [0.05, 0.1) is 0 Å². The molecule has 0 spiro atoms. The van der Waals surface area contributed by atoms with Crippen molar-refractivity contribution in [2.45, 2.75) is 26.8 Å². The highest BCUT2D eigenvalue weighted by Gasteiger charge is 2.08. The summed E-state index contributed by atoms with van der Waals surface area (Å²) >= 11 is 3.49. The summed E-state index contributed by atoms with van der Waals surface area (Å²) in [5, 5.41) is 6.51. The highest BCUT2D eigenvalue weighted by atomic mass is 79.9. The van der Waals surface area contributed by atoms with Crippen LogP contribution in [0.1, 0.15) is 23.9 Å². The van der Waals surface area contributed by atoms with E-state index in [1.54, 1.807) is 0 Å². The predicted octanol–water partition coefficient (Wildman–Crippen LogP) is 3.76. The highest BCUT2D eigenvalue weighted by molar-refractivity contribution is 9.10. The second kappa shape index (κ2) is 6.70. The van der Waals surface area contributed by atoms with Gasteiger partial charge in [-0.25, -0.2) is 9.97 Å². The summed E-state index contributed by atoms with van der Waals surface area (Å²) in [7, 11) is 1.88. The maximum absolute atomic E-state index is 4.56. The van der Waals surface area contributed by atoms with Crippen LogP contribution in [0.15, 0.2) is 28.7 Å². The SMILES string of the molecule is CCc1nc(NC)c(C)c(NCc2cccc(Br)c2)n1. The standard InChI is InChI=1S/C15H19BrN4/c1-4-13-19-14(17-3)10(2)15(20-13)18-9-11-6-5-7-12(16)8-11/h5-8H,4,9H2,1-3H3,(H2,17,18,19,20). The molecular formula is C15H19BrN4. The lowest BCUT2D eigenvalue weighted by atomic mass is 10.2. The molecule has 0 radical (unpaired) electrons. The van der Waals surface area contributed by atoms with Gasteiger partial charge in [-0.2, -0.15) is 0 Å². The molecule has 4 nitrogen and oxygen atoms in total. The number of anilines is 2. The third-order valence-electron chi connectivity index (χ3n) is 3.09. The Morgan fingerprint density at radius 2 is 1.95 bits per heavy atom. The Hall–Kier alpha value is -1.62. The molecule has 0 saturated carbocycles. The minimum Gasteiger partial charge on any atom is -0.373 e. The van der Waals surface area contributed by atoms with Crippen LogP contribution in [0.25, 0.3) is 0 Å². The highest BCUT2D eigenvalue weighted by Crippen LogP contribution is 2.21. The Kier molecular flexibility index (Phi) is 4.95. The van der Waals surface area contributed by atoms with Crippen LogP contribution in [0.5, 0.6) is 0 Å². The van der Waals surface area contributed by atoms with Crippen molar-refractivity contribution in [3.63, 3.8) is 0 Å². The Labute approximate surface area is 128 Å². The van der Waals surface area contributed by atoms with E-state index in [-0.39, 0.29) is 0 Å². The Morgan fingerprint density at radius 3 is 2.60 bits per heavy atom. The molecule has 0 atom stereocenters. The molecule has 5 heteroatoms. The first-order chi connectivity index (χ1) is 9.63. The van der Waals surface area contributed by atoms with Gasteiger partial charge in [0.25, 0.3) is 0 Å². The maximum Gasteiger partial charge on any atom is 0.135 e. The summed E-state index contributed by atoms with van der Waals surface area (Å²) in [6.45, 7) is 4.82. The first kappa shape index (κ1) is 14.8. The largest absolute Gasteiger partial charge is 0.373 e. The van der Waals surface area contributed by atoms with Gasteiger partial charge in [0.2, 0.25) is 0 Å². The van der Waals surface area contributed by atoms with Gasteiger partial charge in [0, 0.05) is 30.0 Å². The number of nitrogens with one attached hydrogen (secondary N) is 2. The number of benzene rings is 1. The van der Waals surface area contributed by atoms with Crippen LogP contribution in [-0.4, -0.2) is 17.0 Å². The quantitative estimate of drug-likeness (QED) is 0.873. The van der Waals surface area contributed by atoms with Gasteiger partial charge in [-0.15, -0.1) is 0 Å². The molecule has 2 aromatic rings. The molecule has 1 aromatic carbocycles. The van der Waals surface area contributed by atoms with Crippen molar-refractivity contribution in [3.8, 4) is 0 Å². The molecule has 0 bridgehead atoms. The zero-order valence-electron chi connectivity index (χ0n) is 12.0. The van der Waals surface area contributed by atoms with E-state index in [0.29, 0.717) is 0 Å². The third-order valence-corrected chi connectivity index (χ3v) is 3.59. The van der Waals surface area contributed by atoms with Crippen LogP contribution < -0.4 is 10.6 Å². The maximum atomic E-state index is 4.56. The van der Waals surface area contributed by atoms with Gasteiger partial charge in [-0.05, 0) is 24.6 Å².